The molecule has 0 radical (unpaired) electrons. The van der Waals surface area contributed by atoms with Crippen LogP contribution in [0.3, 0.4) is 0 Å². The van der Waals surface area contributed by atoms with E-state index >= 15 is 0 Å². The average Bonchev–Trinajstić information content (AvgIpc) is 1.54. The molecule has 3 unspecified atom stereocenters. The highest BCUT2D eigenvalue weighted by atomic mass is 127. The fourth-order valence-corrected chi connectivity index (χ4v) is 11.3. The number of halogens is 2. The Morgan fingerprint density at radius 2 is 0.974 bits per heavy atom. The number of nitrogens with one attached hydrogen (secondary N) is 1. The van der Waals surface area contributed by atoms with Gasteiger partial charge in [0.25, 0.3) is 5.60 Å². The molecule has 7 aromatic carbocycles. The SMILES string of the molecule is CC(=O)C(Br)C(=O)OC(C)(C)C.CC(=O)C1(C(=O)OC(C)(C)C)OC2=C(C(=O)c3ccccc3C2=O)C1Nc1ccccc1.CC(=O)c1cc2c(o1)C(=O)c1ccccc1C2=O.CCOC(C)OCC.CCOC=Nc1ccccc1.I.O=C1C(=O)c2ccccc2C(O)=C1C=Nc1ccccc1.O=C1C=C(O)c2ccccc2C1=O. The molecule has 13 rings (SSSR count). The average molecular weight is 1760 g/mol. The molecule has 0 spiro atoms. The van der Waals surface area contributed by atoms with Gasteiger partial charge < -0.3 is 48.4 Å². The number of fused-ring (bicyclic) bond motifs is 5. The van der Waals surface area contributed by atoms with Gasteiger partial charge in [-0.25, -0.2) is 9.79 Å². The van der Waals surface area contributed by atoms with Crippen LogP contribution in [0.25, 0.3) is 11.5 Å². The van der Waals surface area contributed by atoms with Crippen molar-refractivity contribution in [3.8, 4) is 0 Å². The first kappa shape index (κ1) is 92.7. The summed E-state index contributed by atoms with van der Waals surface area (Å²) in [5, 5.41) is 22.6. The summed E-state index contributed by atoms with van der Waals surface area (Å²) in [6.07, 6.45) is 3.62. The first-order valence-electron chi connectivity index (χ1n) is 36.1. The number of esters is 2. The number of furan rings is 1. The number of hydrogen-bond acceptors (Lipinski definition) is 25. The van der Waals surface area contributed by atoms with E-state index in [9.17, 15) is 72.5 Å². The van der Waals surface area contributed by atoms with Crippen LogP contribution in [0.15, 0.2) is 232 Å². The quantitative estimate of drug-likeness (QED) is 0.00931. The number of alkyl halides is 1. The fraction of sp³-hybridized carbons (Fsp3) is 0.247. The standard InChI is InChI=1S/C25H23NO6.C17H11NO3.C14H8O4.C10H6O3.C9H11NO.C8H13BrO3.C6H14O2.HI/c1-14(27)25(23(30)32-24(2,3)4)22(26-15-10-6-5-7-11-15)18-19(28)16-12-8-9-13-17(16)20(29)21(18)31-25;19-15-12-8-4-5-9-13(12)16(20)17(21)14(15)10-18-11-6-2-1-3-7-11;1-7(15)11-6-10-12(16)8-4-2-3-5-9(8)13(17)14(10)18-11;11-8-5-9(12)10(13)7-4-2-1-3-6(7)8;1-2-11-8-10-9-6-4-3-5-7-9;1-5(10)6(9)7(11)12-8(2,3)4;1-4-7-6(3)8-5-2;/h5-13,22,26H,1-4H3;1-10,19H;2-6H,1H3;1-5,11H;3-8H,2H2,1H3;6H,1-4H3;6H,4-5H2,1-3H3;1H. The molecule has 0 saturated carbocycles. The molecule has 4 aliphatic carbocycles. The Balaban J connectivity index is 0.000000220. The van der Waals surface area contributed by atoms with E-state index in [2.05, 4.69) is 31.2 Å². The normalized spacial score (nSPS) is 15.6. The van der Waals surface area contributed by atoms with Crippen molar-refractivity contribution in [3.63, 3.8) is 0 Å². The number of hydrogen-bond donors (Lipinski definition) is 3. The van der Waals surface area contributed by atoms with Gasteiger partial charge in [0.1, 0.15) is 28.8 Å². The highest BCUT2D eigenvalue weighted by Gasteiger charge is 2.65. The van der Waals surface area contributed by atoms with E-state index in [0.717, 1.165) is 25.0 Å². The minimum atomic E-state index is -2.23. The van der Waals surface area contributed by atoms with Crippen LogP contribution in [-0.4, -0.2) is 152 Å². The number of aliphatic hydroxyl groups is 2. The number of ether oxygens (including phenoxy) is 6. The van der Waals surface area contributed by atoms with Crippen LogP contribution >= 0.6 is 39.9 Å². The van der Waals surface area contributed by atoms with Gasteiger partial charge >= 0.3 is 11.9 Å². The second-order valence-corrected chi connectivity index (χ2v) is 28.2. The molecule has 25 nitrogen and oxygen atoms in total. The van der Waals surface area contributed by atoms with Gasteiger partial charge in [-0.2, -0.15) is 0 Å². The van der Waals surface area contributed by atoms with E-state index in [0.29, 0.717) is 40.2 Å². The molecule has 1 aromatic heterocycles. The number of aliphatic hydroxyl groups excluding tert-OH is 2. The summed E-state index contributed by atoms with van der Waals surface area (Å²) in [6, 6.07) is 53.4. The smallest absolute Gasteiger partial charge is 0.361 e. The molecular weight excluding hydrogens is 1670 g/mol. The Kier molecular flexibility index (Phi) is 33.8. The molecule has 0 amide bonds. The second-order valence-electron chi connectivity index (χ2n) is 27.2. The van der Waals surface area contributed by atoms with Crippen molar-refractivity contribution in [2.24, 2.45) is 9.98 Å². The zero-order chi connectivity index (χ0) is 84.6. The maximum atomic E-state index is 13.5. The minimum Gasteiger partial charge on any atom is -0.507 e. The lowest BCUT2D eigenvalue weighted by Gasteiger charge is -2.34. The number of carbonyl (C=O) groups excluding carboxylic acids is 13. The highest BCUT2D eigenvalue weighted by molar-refractivity contribution is 14.0. The molecule has 0 fully saturated rings. The Bertz CT molecular complexity index is 5120. The van der Waals surface area contributed by atoms with Crippen LogP contribution in [0.4, 0.5) is 17.1 Å². The van der Waals surface area contributed by atoms with E-state index in [4.69, 9.17) is 32.8 Å². The van der Waals surface area contributed by atoms with Crippen molar-refractivity contribution in [2.75, 3.05) is 25.1 Å². The number of ketones is 11. The van der Waals surface area contributed by atoms with Gasteiger partial charge in [-0.05, 0) is 126 Å². The second kappa shape index (κ2) is 42.3. The first-order valence-corrected chi connectivity index (χ1v) is 37.0. The molecule has 0 bridgehead atoms. The number of rotatable bonds is 16. The Morgan fingerprint density at radius 1 is 0.534 bits per heavy atom. The minimum absolute atomic E-state index is 0. The monoisotopic (exact) mass is 1760 g/mol. The summed E-state index contributed by atoms with van der Waals surface area (Å²) in [6.45, 7) is 23.9. The van der Waals surface area contributed by atoms with E-state index in [-0.39, 0.29) is 121 Å². The highest BCUT2D eigenvalue weighted by Crippen LogP contribution is 2.45. The molecular formula is C89H87BrIN3O22. The molecule has 8 aromatic rings. The maximum absolute atomic E-state index is 13.5. The van der Waals surface area contributed by atoms with E-state index < -0.39 is 80.1 Å². The number of carbonyl (C=O) groups is 13. The Morgan fingerprint density at radius 3 is 1.45 bits per heavy atom. The number of benzene rings is 7. The van der Waals surface area contributed by atoms with E-state index in [1.165, 1.54) is 57.7 Å². The topological polar surface area (TPSA) is 368 Å². The molecule has 3 N–H and O–H groups in total. The number of aliphatic imine (C=N–C) groups is 2. The van der Waals surface area contributed by atoms with Gasteiger partial charge in [-0.1, -0.05) is 168 Å². The third-order valence-corrected chi connectivity index (χ3v) is 17.5. The zero-order valence-electron chi connectivity index (χ0n) is 65.8. The lowest BCUT2D eigenvalue weighted by Crippen LogP contribution is -2.59. The number of anilines is 1. The van der Waals surface area contributed by atoms with Crippen LogP contribution < -0.4 is 5.32 Å². The predicted octanol–water partition coefficient (Wildman–Crippen LogP) is 16.3. The Hall–Kier alpha value is -12.2. The molecule has 3 atom stereocenters. The largest absolute Gasteiger partial charge is 0.507 e. The van der Waals surface area contributed by atoms with Crippen molar-refractivity contribution in [3.05, 3.63) is 279 Å². The molecule has 1 aliphatic heterocycles. The van der Waals surface area contributed by atoms with Crippen molar-refractivity contribution >= 4 is 157 Å². The van der Waals surface area contributed by atoms with Gasteiger partial charge in [0.05, 0.1) is 34.7 Å². The van der Waals surface area contributed by atoms with E-state index in [1.807, 2.05) is 76.2 Å². The lowest BCUT2D eigenvalue weighted by molar-refractivity contribution is -0.179. The lowest BCUT2D eigenvalue weighted by atomic mass is 9.80. The van der Waals surface area contributed by atoms with E-state index in [1.54, 1.807) is 163 Å². The predicted molar refractivity (Wildman–Crippen MR) is 448 cm³/mol. The maximum Gasteiger partial charge on any atom is 0.361 e. The summed E-state index contributed by atoms with van der Waals surface area (Å²) in [5.41, 5.74) is 0.728. The molecule has 0 saturated heterocycles. The van der Waals surface area contributed by atoms with Gasteiger partial charge in [-0.15, -0.1) is 24.0 Å². The first-order chi connectivity index (χ1) is 54.5. The number of nitrogens with zero attached hydrogens (tertiary/aromatic N) is 2. The molecule has 27 heteroatoms. The van der Waals surface area contributed by atoms with Gasteiger partial charge in [0, 0.05) is 82.6 Å². The van der Waals surface area contributed by atoms with Crippen molar-refractivity contribution in [1.29, 1.82) is 0 Å². The molecule has 5 aliphatic rings. The third kappa shape index (κ3) is 23.7. The zero-order valence-corrected chi connectivity index (χ0v) is 69.7. The fourth-order valence-electron chi connectivity index (χ4n) is 11.2. The van der Waals surface area contributed by atoms with Gasteiger partial charge in [-0.3, -0.25) is 62.5 Å². The van der Waals surface area contributed by atoms with Crippen LogP contribution in [0.5, 0.6) is 0 Å². The summed E-state index contributed by atoms with van der Waals surface area (Å²) >= 11 is 2.94. The number of para-hydroxylation sites is 3. The van der Waals surface area contributed by atoms with Crippen LogP contribution in [0.2, 0.25) is 0 Å². The third-order valence-electron chi connectivity index (χ3n) is 16.5. The summed E-state index contributed by atoms with van der Waals surface area (Å²) < 4.78 is 36.6. The summed E-state index contributed by atoms with van der Waals surface area (Å²) in [4.78, 5) is 164. The number of Topliss-reactive ketones (excluding diaryl/α,β-unsaturated/α-hetero) is 8. The van der Waals surface area contributed by atoms with Crippen LogP contribution in [0, 0.1) is 0 Å². The van der Waals surface area contributed by atoms with Crippen molar-refractivity contribution in [1.82, 2.24) is 0 Å². The van der Waals surface area contributed by atoms with Crippen LogP contribution in [0.1, 0.15) is 185 Å². The molecule has 604 valence electrons. The van der Waals surface area contributed by atoms with Crippen molar-refractivity contribution < 1.29 is 105 Å². The Labute approximate surface area is 695 Å². The number of allylic oxidation sites excluding steroid dienone is 3. The summed E-state index contributed by atoms with van der Waals surface area (Å²) in [5.74, 6) is -7.66. The summed E-state index contributed by atoms with van der Waals surface area (Å²) in [7, 11) is 0. The van der Waals surface area contributed by atoms with Crippen LogP contribution in [-0.2, 0) is 57.2 Å². The molecule has 2 heterocycles. The van der Waals surface area contributed by atoms with Gasteiger partial charge in [0.2, 0.25) is 34.7 Å². The van der Waals surface area contributed by atoms with Crippen molar-refractivity contribution in [2.45, 2.75) is 124 Å². The molecule has 116 heavy (non-hydrogen) atoms. The van der Waals surface area contributed by atoms with Gasteiger partial charge in [0.15, 0.2) is 63.7 Å².